The van der Waals surface area contributed by atoms with Crippen LogP contribution in [-0.4, -0.2) is 28.3 Å². The third-order valence-corrected chi connectivity index (χ3v) is 2.98. The molecule has 0 aliphatic rings. The Balaban J connectivity index is 2.62. The zero-order valence-corrected chi connectivity index (χ0v) is 11.2. The van der Waals surface area contributed by atoms with Crippen molar-refractivity contribution < 1.29 is 15.1 Å². The van der Waals surface area contributed by atoms with E-state index in [-0.39, 0.29) is 23.5 Å². The number of hydrogen-bond acceptors (Lipinski definition) is 5. The lowest BCUT2D eigenvalue weighted by atomic mass is 9.90. The van der Waals surface area contributed by atoms with Gasteiger partial charge in [-0.15, -0.1) is 0 Å². The summed E-state index contributed by atoms with van der Waals surface area (Å²) < 4.78 is 0. The number of nitrogens with one attached hydrogen (secondary N) is 1. The normalized spacial score (nSPS) is 11.5. The number of nitrogens with zero attached hydrogens (tertiary/aromatic N) is 1. The van der Waals surface area contributed by atoms with Gasteiger partial charge in [0.25, 0.3) is 5.69 Å². The first kappa shape index (κ1) is 15.4. The molecule has 1 aromatic carbocycles. The van der Waals surface area contributed by atoms with E-state index in [2.05, 4.69) is 5.32 Å². The first-order valence-electron chi connectivity index (χ1n) is 6.13. The van der Waals surface area contributed by atoms with Crippen molar-refractivity contribution in [1.29, 1.82) is 0 Å². The molecule has 0 aromatic heterocycles. The quantitative estimate of drug-likeness (QED) is 0.517. The van der Waals surface area contributed by atoms with Crippen LogP contribution in [0.15, 0.2) is 18.2 Å². The van der Waals surface area contributed by atoms with Crippen LogP contribution in [0.3, 0.4) is 0 Å². The average Bonchev–Trinajstić information content (AvgIpc) is 2.30. The number of non-ortho nitro benzene ring substituents is 1. The van der Waals surface area contributed by atoms with Crippen molar-refractivity contribution in [3.63, 3.8) is 0 Å². The van der Waals surface area contributed by atoms with Crippen LogP contribution in [-0.2, 0) is 6.54 Å². The first-order chi connectivity index (χ1) is 8.85. The van der Waals surface area contributed by atoms with Gasteiger partial charge in [0.1, 0.15) is 5.75 Å². The van der Waals surface area contributed by atoms with Crippen LogP contribution in [0.25, 0.3) is 0 Å². The molecule has 0 spiro atoms. The topological polar surface area (TPSA) is 95.6 Å². The minimum Gasteiger partial charge on any atom is -0.508 e. The van der Waals surface area contributed by atoms with E-state index >= 15 is 0 Å². The Morgan fingerprint density at radius 2 is 2.11 bits per heavy atom. The lowest BCUT2D eigenvalue weighted by Gasteiger charge is -2.24. The summed E-state index contributed by atoms with van der Waals surface area (Å²) in [4.78, 5) is 10.2. The Labute approximate surface area is 112 Å². The molecule has 3 N–H and O–H groups in total. The maximum Gasteiger partial charge on any atom is 0.270 e. The minimum atomic E-state index is -0.487. The van der Waals surface area contributed by atoms with Crippen molar-refractivity contribution >= 4 is 5.69 Å². The summed E-state index contributed by atoms with van der Waals surface area (Å²) in [5.41, 5.74) is 0.392. The second-order valence-corrected chi connectivity index (χ2v) is 5.31. The highest BCUT2D eigenvalue weighted by Crippen LogP contribution is 2.23. The van der Waals surface area contributed by atoms with Gasteiger partial charge in [-0.3, -0.25) is 10.1 Å². The molecular weight excluding hydrogens is 248 g/mol. The smallest absolute Gasteiger partial charge is 0.270 e. The summed E-state index contributed by atoms with van der Waals surface area (Å²) in [6, 6.07) is 3.96. The van der Waals surface area contributed by atoms with Gasteiger partial charge in [0, 0.05) is 37.4 Å². The molecule has 0 amide bonds. The average molecular weight is 268 g/mol. The molecule has 1 aromatic rings. The third-order valence-electron chi connectivity index (χ3n) is 2.98. The van der Waals surface area contributed by atoms with Gasteiger partial charge < -0.3 is 15.5 Å². The van der Waals surface area contributed by atoms with E-state index in [1.165, 1.54) is 18.2 Å². The molecular formula is C13H20N2O4. The number of rotatable bonds is 7. The number of aromatic hydroxyl groups is 1. The standard InChI is InChI=1S/C13H20N2O4/c1-13(2,5-6-16)9-14-8-10-7-11(15(18)19)3-4-12(10)17/h3-4,7,14,16-17H,5-6,8-9H2,1-2H3. The molecule has 6 nitrogen and oxygen atoms in total. The highest BCUT2D eigenvalue weighted by atomic mass is 16.6. The van der Waals surface area contributed by atoms with Gasteiger partial charge in [0.2, 0.25) is 0 Å². The molecule has 0 radical (unpaired) electrons. The molecule has 0 aliphatic carbocycles. The molecule has 0 atom stereocenters. The van der Waals surface area contributed by atoms with E-state index < -0.39 is 4.92 Å². The summed E-state index contributed by atoms with van der Waals surface area (Å²) in [7, 11) is 0. The zero-order chi connectivity index (χ0) is 14.5. The number of aliphatic hydroxyl groups is 1. The number of nitro benzene ring substituents is 1. The van der Waals surface area contributed by atoms with Gasteiger partial charge in [-0.2, -0.15) is 0 Å². The predicted octanol–water partition coefficient (Wildman–Crippen LogP) is 1.80. The minimum absolute atomic E-state index is 0.0378. The zero-order valence-electron chi connectivity index (χ0n) is 11.2. The number of nitro groups is 1. The molecule has 19 heavy (non-hydrogen) atoms. The van der Waals surface area contributed by atoms with E-state index in [1.54, 1.807) is 0 Å². The van der Waals surface area contributed by atoms with E-state index in [0.717, 1.165) is 0 Å². The second kappa shape index (κ2) is 6.49. The fraction of sp³-hybridized carbons (Fsp3) is 0.538. The first-order valence-corrected chi connectivity index (χ1v) is 6.13. The number of hydrogen-bond donors (Lipinski definition) is 3. The van der Waals surface area contributed by atoms with Crippen LogP contribution >= 0.6 is 0 Å². The van der Waals surface area contributed by atoms with E-state index in [4.69, 9.17) is 5.11 Å². The fourth-order valence-corrected chi connectivity index (χ4v) is 1.75. The number of phenols is 1. The lowest BCUT2D eigenvalue weighted by Crippen LogP contribution is -2.29. The molecule has 106 valence electrons. The molecule has 0 saturated heterocycles. The van der Waals surface area contributed by atoms with Gasteiger partial charge >= 0.3 is 0 Å². The van der Waals surface area contributed by atoms with Crippen LogP contribution < -0.4 is 5.32 Å². The highest BCUT2D eigenvalue weighted by Gasteiger charge is 2.17. The Morgan fingerprint density at radius 1 is 1.42 bits per heavy atom. The largest absolute Gasteiger partial charge is 0.508 e. The lowest BCUT2D eigenvalue weighted by molar-refractivity contribution is -0.384. The van der Waals surface area contributed by atoms with Crippen LogP contribution in [0.4, 0.5) is 5.69 Å². The van der Waals surface area contributed by atoms with Crippen LogP contribution in [0.1, 0.15) is 25.8 Å². The van der Waals surface area contributed by atoms with E-state index in [9.17, 15) is 15.2 Å². The summed E-state index contributed by atoms with van der Waals surface area (Å²) in [5, 5.41) is 32.4. The van der Waals surface area contributed by atoms with E-state index in [0.29, 0.717) is 25.1 Å². The number of benzene rings is 1. The molecule has 0 fully saturated rings. The molecule has 0 heterocycles. The van der Waals surface area contributed by atoms with Crippen LogP contribution in [0.2, 0.25) is 0 Å². The third kappa shape index (κ3) is 4.84. The molecule has 0 unspecified atom stereocenters. The molecule has 1 rings (SSSR count). The predicted molar refractivity (Wildman–Crippen MR) is 72.0 cm³/mol. The van der Waals surface area contributed by atoms with Crippen molar-refractivity contribution in [2.24, 2.45) is 5.41 Å². The molecule has 0 bridgehead atoms. The van der Waals surface area contributed by atoms with Crippen molar-refractivity contribution in [3.05, 3.63) is 33.9 Å². The number of aliphatic hydroxyl groups excluding tert-OH is 1. The van der Waals surface area contributed by atoms with Gasteiger partial charge in [0.05, 0.1) is 4.92 Å². The molecule has 6 heteroatoms. The maximum absolute atomic E-state index is 10.7. The Bertz CT molecular complexity index is 446. The Hall–Kier alpha value is -1.66. The van der Waals surface area contributed by atoms with Crippen LogP contribution in [0.5, 0.6) is 5.75 Å². The van der Waals surface area contributed by atoms with Crippen molar-refractivity contribution in [1.82, 2.24) is 5.32 Å². The Kier molecular flexibility index (Phi) is 5.26. The Morgan fingerprint density at radius 3 is 2.68 bits per heavy atom. The van der Waals surface area contributed by atoms with Crippen molar-refractivity contribution in [2.45, 2.75) is 26.8 Å². The van der Waals surface area contributed by atoms with Crippen molar-refractivity contribution in [2.75, 3.05) is 13.2 Å². The number of phenolic OH excluding ortho intramolecular Hbond substituents is 1. The van der Waals surface area contributed by atoms with E-state index in [1.807, 2.05) is 13.8 Å². The molecule has 0 saturated carbocycles. The summed E-state index contributed by atoms with van der Waals surface area (Å²) >= 11 is 0. The van der Waals surface area contributed by atoms with Crippen LogP contribution in [0, 0.1) is 15.5 Å². The summed E-state index contributed by atoms with van der Waals surface area (Å²) in [6.07, 6.45) is 0.668. The van der Waals surface area contributed by atoms with Gasteiger partial charge in [-0.25, -0.2) is 0 Å². The van der Waals surface area contributed by atoms with Gasteiger partial charge in [-0.1, -0.05) is 13.8 Å². The maximum atomic E-state index is 10.7. The van der Waals surface area contributed by atoms with Gasteiger partial charge in [-0.05, 0) is 17.9 Å². The second-order valence-electron chi connectivity index (χ2n) is 5.31. The van der Waals surface area contributed by atoms with Gasteiger partial charge in [0.15, 0.2) is 0 Å². The van der Waals surface area contributed by atoms with Crippen molar-refractivity contribution in [3.8, 4) is 5.75 Å². The monoisotopic (exact) mass is 268 g/mol. The fourth-order valence-electron chi connectivity index (χ4n) is 1.75. The highest BCUT2D eigenvalue weighted by molar-refractivity contribution is 5.42. The SMILES string of the molecule is CC(C)(CCO)CNCc1cc([N+](=O)[O-])ccc1O. The summed E-state index contributed by atoms with van der Waals surface area (Å²) in [6.45, 7) is 5.15. The summed E-state index contributed by atoms with van der Waals surface area (Å²) in [5.74, 6) is 0.0399. The molecule has 0 aliphatic heterocycles.